The predicted molar refractivity (Wildman–Crippen MR) is 85.5 cm³/mol. The fraction of sp³-hybridized carbons (Fsp3) is 0.0588. The minimum atomic E-state index is -0.505. The lowest BCUT2D eigenvalue weighted by molar-refractivity contribution is -0.111. The fourth-order valence-corrected chi connectivity index (χ4v) is 2.05. The average Bonchev–Trinajstić information content (AvgIpc) is 2.47. The van der Waals surface area contributed by atoms with E-state index < -0.39 is 11.7 Å². The first-order chi connectivity index (χ1) is 10.5. The maximum Gasteiger partial charge on any atom is 0.248 e. The van der Waals surface area contributed by atoms with Crippen LogP contribution in [0.4, 0.5) is 10.1 Å². The lowest BCUT2D eigenvalue weighted by Gasteiger charge is -2.04. The Hall–Kier alpha value is -2.46. The fourth-order valence-electron chi connectivity index (χ4n) is 1.83. The van der Waals surface area contributed by atoms with Gasteiger partial charge in [0.05, 0.1) is 5.02 Å². The summed E-state index contributed by atoms with van der Waals surface area (Å²) in [7, 11) is 0. The van der Waals surface area contributed by atoms with E-state index >= 15 is 0 Å². The smallest absolute Gasteiger partial charge is 0.248 e. The van der Waals surface area contributed by atoms with E-state index in [1.807, 2.05) is 0 Å². The maximum absolute atomic E-state index is 13.6. The molecule has 22 heavy (non-hydrogen) atoms. The molecular formula is C17H13ClFNO2. The molecule has 2 aromatic rings. The molecular weight excluding hydrogens is 305 g/mol. The van der Waals surface area contributed by atoms with E-state index in [9.17, 15) is 14.0 Å². The normalized spacial score (nSPS) is 10.7. The van der Waals surface area contributed by atoms with Crippen molar-refractivity contribution in [2.75, 3.05) is 5.32 Å². The van der Waals surface area contributed by atoms with Gasteiger partial charge in [-0.2, -0.15) is 0 Å². The summed E-state index contributed by atoms with van der Waals surface area (Å²) in [4.78, 5) is 23.1. The Labute approximate surface area is 132 Å². The number of hydrogen-bond donors (Lipinski definition) is 1. The minimum absolute atomic E-state index is 0.0928. The van der Waals surface area contributed by atoms with Crippen LogP contribution in [0.25, 0.3) is 6.08 Å². The number of ketones is 1. The van der Waals surface area contributed by atoms with Crippen LogP contribution in [-0.2, 0) is 4.79 Å². The number of hydrogen-bond acceptors (Lipinski definition) is 2. The minimum Gasteiger partial charge on any atom is -0.322 e. The molecule has 0 bridgehead atoms. The van der Waals surface area contributed by atoms with Gasteiger partial charge in [0, 0.05) is 22.9 Å². The number of Topliss-reactive ketones (excluding diaryl/α,β-unsaturated/α-hetero) is 1. The summed E-state index contributed by atoms with van der Waals surface area (Å²) < 4.78 is 13.6. The number of benzene rings is 2. The van der Waals surface area contributed by atoms with Crippen molar-refractivity contribution in [1.29, 1.82) is 0 Å². The molecule has 5 heteroatoms. The third-order valence-corrected chi connectivity index (χ3v) is 3.27. The summed E-state index contributed by atoms with van der Waals surface area (Å²) in [5.41, 5.74) is 1.14. The van der Waals surface area contributed by atoms with Crippen molar-refractivity contribution in [3.63, 3.8) is 0 Å². The molecule has 0 fully saturated rings. The standard InChI is InChI=1S/C17H13ClFNO2/c1-11(21)12-4-2-5-13(10-12)20-17(22)9-8-14-15(18)6-3-7-16(14)19/h2-10H,1H3,(H,20,22). The van der Waals surface area contributed by atoms with Crippen LogP contribution in [0.2, 0.25) is 5.02 Å². The number of halogens is 2. The highest BCUT2D eigenvalue weighted by Crippen LogP contribution is 2.20. The van der Waals surface area contributed by atoms with Crippen LogP contribution in [-0.4, -0.2) is 11.7 Å². The number of amides is 1. The van der Waals surface area contributed by atoms with Crippen LogP contribution >= 0.6 is 11.6 Å². The van der Waals surface area contributed by atoms with Gasteiger partial charge in [-0.3, -0.25) is 9.59 Å². The van der Waals surface area contributed by atoms with Gasteiger partial charge in [0.25, 0.3) is 0 Å². The van der Waals surface area contributed by atoms with E-state index in [-0.39, 0.29) is 16.4 Å². The highest BCUT2D eigenvalue weighted by Gasteiger charge is 2.05. The van der Waals surface area contributed by atoms with Crippen molar-refractivity contribution in [1.82, 2.24) is 0 Å². The van der Waals surface area contributed by atoms with E-state index in [1.165, 1.54) is 31.2 Å². The van der Waals surface area contributed by atoms with E-state index in [0.29, 0.717) is 11.3 Å². The zero-order chi connectivity index (χ0) is 16.1. The topological polar surface area (TPSA) is 46.2 Å². The largest absolute Gasteiger partial charge is 0.322 e. The van der Waals surface area contributed by atoms with Crippen molar-refractivity contribution in [2.45, 2.75) is 6.92 Å². The van der Waals surface area contributed by atoms with Gasteiger partial charge in [0.1, 0.15) is 5.82 Å². The Balaban J connectivity index is 2.12. The van der Waals surface area contributed by atoms with E-state index in [2.05, 4.69) is 5.32 Å². The third kappa shape index (κ3) is 4.02. The van der Waals surface area contributed by atoms with Crippen LogP contribution in [0.3, 0.4) is 0 Å². The van der Waals surface area contributed by atoms with Gasteiger partial charge in [0.2, 0.25) is 5.91 Å². The maximum atomic E-state index is 13.6. The summed E-state index contributed by atoms with van der Waals surface area (Å²) in [6.07, 6.45) is 2.49. The molecule has 0 aliphatic heterocycles. The third-order valence-electron chi connectivity index (χ3n) is 2.94. The van der Waals surface area contributed by atoms with Gasteiger partial charge < -0.3 is 5.32 Å². The molecule has 112 valence electrons. The molecule has 0 atom stereocenters. The molecule has 0 spiro atoms. The lowest BCUT2D eigenvalue weighted by Crippen LogP contribution is -2.08. The second-order valence-electron chi connectivity index (χ2n) is 4.59. The second-order valence-corrected chi connectivity index (χ2v) is 5.00. The van der Waals surface area contributed by atoms with Crippen LogP contribution in [0, 0.1) is 5.82 Å². The SMILES string of the molecule is CC(=O)c1cccc(NC(=O)C=Cc2c(F)cccc2Cl)c1. The predicted octanol–water partition coefficient (Wildman–Crippen LogP) is 4.33. The van der Waals surface area contributed by atoms with E-state index in [0.717, 1.165) is 0 Å². The van der Waals surface area contributed by atoms with Crippen LogP contribution in [0.5, 0.6) is 0 Å². The molecule has 3 nitrogen and oxygen atoms in total. The molecule has 2 aromatic carbocycles. The molecule has 0 aliphatic carbocycles. The number of carbonyl (C=O) groups excluding carboxylic acids is 2. The van der Waals surface area contributed by atoms with Crippen molar-refractivity contribution >= 4 is 35.1 Å². The Morgan fingerprint density at radius 3 is 2.59 bits per heavy atom. The molecule has 0 unspecified atom stereocenters. The average molecular weight is 318 g/mol. The van der Waals surface area contributed by atoms with Crippen LogP contribution in [0.15, 0.2) is 48.5 Å². The van der Waals surface area contributed by atoms with Crippen molar-refractivity contribution in [2.24, 2.45) is 0 Å². The van der Waals surface area contributed by atoms with Crippen molar-refractivity contribution < 1.29 is 14.0 Å². The summed E-state index contributed by atoms with van der Waals surface area (Å²) in [5, 5.41) is 2.83. The summed E-state index contributed by atoms with van der Waals surface area (Å²) in [5.74, 6) is -1.04. The highest BCUT2D eigenvalue weighted by molar-refractivity contribution is 6.32. The summed E-state index contributed by atoms with van der Waals surface area (Å²) >= 11 is 5.87. The van der Waals surface area contributed by atoms with E-state index in [4.69, 9.17) is 11.6 Å². The number of nitrogens with one attached hydrogen (secondary N) is 1. The van der Waals surface area contributed by atoms with E-state index in [1.54, 1.807) is 30.3 Å². The summed E-state index contributed by atoms with van der Waals surface area (Å²) in [6, 6.07) is 10.9. The first kappa shape index (κ1) is 15.9. The molecule has 0 aliphatic rings. The number of rotatable bonds is 4. The van der Waals surface area contributed by atoms with Gasteiger partial charge >= 0.3 is 0 Å². The zero-order valence-electron chi connectivity index (χ0n) is 11.8. The molecule has 2 rings (SSSR count). The first-order valence-electron chi connectivity index (χ1n) is 6.51. The molecule has 0 aromatic heterocycles. The van der Waals surface area contributed by atoms with Gasteiger partial charge in [-0.1, -0.05) is 29.8 Å². The lowest BCUT2D eigenvalue weighted by atomic mass is 10.1. The Morgan fingerprint density at radius 2 is 1.91 bits per heavy atom. The number of anilines is 1. The summed E-state index contributed by atoms with van der Waals surface area (Å²) in [6.45, 7) is 1.45. The Morgan fingerprint density at radius 1 is 1.18 bits per heavy atom. The number of carbonyl (C=O) groups is 2. The molecule has 1 N–H and O–H groups in total. The molecule has 0 saturated heterocycles. The zero-order valence-corrected chi connectivity index (χ0v) is 12.5. The van der Waals surface area contributed by atoms with Gasteiger partial charge in [-0.15, -0.1) is 0 Å². The van der Waals surface area contributed by atoms with Crippen LogP contribution in [0.1, 0.15) is 22.8 Å². The Bertz CT molecular complexity index is 736. The molecule has 1 amide bonds. The Kier molecular flexibility index (Phi) is 5.07. The van der Waals surface area contributed by atoms with Crippen LogP contribution < -0.4 is 5.32 Å². The van der Waals surface area contributed by atoms with Crippen molar-refractivity contribution in [3.8, 4) is 0 Å². The molecule has 0 radical (unpaired) electrons. The van der Waals surface area contributed by atoms with Gasteiger partial charge in [-0.05, 0) is 37.3 Å². The molecule has 0 heterocycles. The first-order valence-corrected chi connectivity index (χ1v) is 6.89. The van der Waals surface area contributed by atoms with Gasteiger partial charge in [0.15, 0.2) is 5.78 Å². The van der Waals surface area contributed by atoms with Crippen molar-refractivity contribution in [3.05, 3.63) is 70.5 Å². The van der Waals surface area contributed by atoms with Gasteiger partial charge in [-0.25, -0.2) is 4.39 Å². The molecule has 0 saturated carbocycles. The monoisotopic (exact) mass is 317 g/mol. The highest BCUT2D eigenvalue weighted by atomic mass is 35.5. The second kappa shape index (κ2) is 7.00. The quantitative estimate of drug-likeness (QED) is 0.673.